The number of methoxy groups -OCH3 is 4. The first kappa shape index (κ1) is 64.6. The number of hydrogen-bond donors (Lipinski definition) is 3. The Balaban J connectivity index is 0.000000241. The van der Waals surface area contributed by atoms with Crippen molar-refractivity contribution in [1.82, 2.24) is 19.8 Å². The first-order chi connectivity index (χ1) is 39.3. The normalized spacial score (nSPS) is 14.7. The van der Waals surface area contributed by atoms with E-state index in [0.717, 1.165) is 17.4 Å². The number of amides is 3. The second-order valence-electron chi connectivity index (χ2n) is 23.2. The van der Waals surface area contributed by atoms with Gasteiger partial charge >= 0.3 is 0 Å². The summed E-state index contributed by atoms with van der Waals surface area (Å²) >= 11 is 0. The molecule has 0 bridgehead atoms. The van der Waals surface area contributed by atoms with Gasteiger partial charge in [-0.25, -0.2) is 16.8 Å². The number of benzene rings is 4. The average Bonchev–Trinajstić information content (AvgIpc) is 1.97. The first-order valence-corrected chi connectivity index (χ1v) is 35.9. The topological polar surface area (TPSA) is 251 Å². The Kier molecular flexibility index (Phi) is 19.1. The molecular weight excluding hydrogens is 1150 g/mol. The van der Waals surface area contributed by atoms with Crippen LogP contribution in [-0.4, -0.2) is 117 Å². The molecule has 4 heterocycles. The number of anilines is 2. The molecule has 24 heteroatoms. The number of hydrogen-bond acceptors (Lipinski definition) is 16. The van der Waals surface area contributed by atoms with Crippen LogP contribution in [0.2, 0.25) is 33.2 Å². The molecule has 454 valence electrons. The highest BCUT2D eigenvalue weighted by atomic mass is 32.2. The lowest BCUT2D eigenvalue weighted by Crippen LogP contribution is -2.51. The molecule has 0 aliphatic carbocycles. The summed E-state index contributed by atoms with van der Waals surface area (Å²) in [6.45, 7) is 25.4. The molecule has 4 aromatic carbocycles. The van der Waals surface area contributed by atoms with Crippen molar-refractivity contribution in [1.29, 1.82) is 0 Å². The van der Waals surface area contributed by atoms with E-state index in [1.54, 1.807) is 80.2 Å². The molecule has 0 radical (unpaired) electrons. The van der Waals surface area contributed by atoms with Crippen LogP contribution in [0.25, 0.3) is 21.8 Å². The molecule has 0 saturated carbocycles. The lowest BCUT2D eigenvalue weighted by molar-refractivity contribution is 0.0138. The number of carbonyl (C=O) groups excluding carboxylic acids is 3. The van der Waals surface area contributed by atoms with E-state index in [2.05, 4.69) is 102 Å². The molecule has 3 N–H and O–H groups in total. The monoisotopic (exact) mass is 1230 g/mol. The second kappa shape index (κ2) is 24.9. The molecule has 3 amide bonds. The number of aromatic nitrogens is 2. The number of sulfonamides is 2. The predicted molar refractivity (Wildman–Crippen MR) is 332 cm³/mol. The highest BCUT2D eigenvalue weighted by Crippen LogP contribution is 2.53. The molecule has 2 aliphatic rings. The van der Waals surface area contributed by atoms with E-state index in [4.69, 9.17) is 27.8 Å². The molecule has 84 heavy (non-hydrogen) atoms. The summed E-state index contributed by atoms with van der Waals surface area (Å²) in [5.74, 6) is 0.851. The molecule has 0 spiro atoms. The molecule has 1 atom stereocenters. The Bertz CT molecular complexity index is 3700. The van der Waals surface area contributed by atoms with Crippen LogP contribution < -0.4 is 37.2 Å². The summed E-state index contributed by atoms with van der Waals surface area (Å²) in [4.78, 5) is 54.3. The van der Waals surface area contributed by atoms with Gasteiger partial charge in [0.05, 0.1) is 82.1 Å². The summed E-state index contributed by atoms with van der Waals surface area (Å²) in [5, 5.41) is 12.6. The van der Waals surface area contributed by atoms with Gasteiger partial charge in [-0.1, -0.05) is 83.1 Å². The number of carbonyl (C=O) groups is 3. The third-order valence-electron chi connectivity index (χ3n) is 16.2. The number of nitrogens with one attached hydrogen (secondary N) is 2. The van der Waals surface area contributed by atoms with Crippen molar-refractivity contribution in [2.75, 3.05) is 50.4 Å². The van der Waals surface area contributed by atoms with Gasteiger partial charge in [-0.15, -0.1) is 0 Å². The van der Waals surface area contributed by atoms with Crippen LogP contribution in [0, 0.1) is 0 Å². The highest BCUT2D eigenvalue weighted by Gasteiger charge is 2.52. The van der Waals surface area contributed by atoms with Crippen molar-refractivity contribution >= 4 is 87.6 Å². The number of nitrogens with zero attached hydrogens (tertiary/aromatic N) is 4. The maximum absolute atomic E-state index is 14.3. The number of fused-ring (bicyclic) bond motifs is 4. The minimum atomic E-state index is -3.84. The molecule has 6 aromatic rings. The van der Waals surface area contributed by atoms with Gasteiger partial charge in [0, 0.05) is 52.0 Å². The lowest BCUT2D eigenvalue weighted by Gasteiger charge is -2.42. The summed E-state index contributed by atoms with van der Waals surface area (Å²) in [5.41, 5.74) is 3.28. The number of ether oxygens (including phenoxy) is 4. The second-order valence-corrected chi connectivity index (χ2v) is 37.4. The summed E-state index contributed by atoms with van der Waals surface area (Å²) in [6.07, 6.45) is 3.72. The first-order valence-electron chi connectivity index (χ1n) is 27.8. The van der Waals surface area contributed by atoms with E-state index >= 15 is 0 Å². The minimum absolute atomic E-state index is 0.00943. The lowest BCUT2D eigenvalue weighted by atomic mass is 10.0. The van der Waals surface area contributed by atoms with E-state index in [0.29, 0.717) is 55.9 Å². The fourth-order valence-corrected chi connectivity index (χ4v) is 24.4. The van der Waals surface area contributed by atoms with Crippen LogP contribution in [0.5, 0.6) is 34.5 Å². The highest BCUT2D eigenvalue weighted by molar-refractivity contribution is 7.92. The van der Waals surface area contributed by atoms with Gasteiger partial charge in [-0.2, -0.15) is 0 Å². The van der Waals surface area contributed by atoms with Crippen molar-refractivity contribution in [3.63, 3.8) is 0 Å². The van der Waals surface area contributed by atoms with Crippen LogP contribution >= 0.6 is 0 Å². The maximum Gasteiger partial charge on any atom is 0.265 e. The molecule has 0 saturated heterocycles. The van der Waals surface area contributed by atoms with Crippen molar-refractivity contribution in [3.8, 4) is 34.5 Å². The number of pyridine rings is 2. The number of aliphatic hydroxyl groups is 1. The van der Waals surface area contributed by atoms with Crippen molar-refractivity contribution in [3.05, 3.63) is 106 Å². The average molecular weight is 1230 g/mol. The molecule has 20 nitrogen and oxygen atoms in total. The van der Waals surface area contributed by atoms with E-state index < -0.39 is 60.6 Å². The fourth-order valence-electron chi connectivity index (χ4n) is 12.7. The van der Waals surface area contributed by atoms with Gasteiger partial charge in [0.2, 0.25) is 20.0 Å². The Morgan fingerprint density at radius 1 is 0.536 bits per heavy atom. The largest absolute Gasteiger partial charge is 0.541 e. The molecule has 2 aliphatic heterocycles. The summed E-state index contributed by atoms with van der Waals surface area (Å²) in [6, 6.07) is 17.1. The zero-order valence-electron chi connectivity index (χ0n) is 51.2. The third-order valence-corrected chi connectivity index (χ3v) is 29.3. The van der Waals surface area contributed by atoms with Crippen LogP contribution in [0.15, 0.2) is 73.1 Å². The van der Waals surface area contributed by atoms with E-state index in [1.165, 1.54) is 26.2 Å². The summed E-state index contributed by atoms with van der Waals surface area (Å²) in [7, 11) is -6.84. The number of aliphatic hydroxyl groups excluding tert-OH is 1. The van der Waals surface area contributed by atoms with E-state index in [1.807, 2.05) is 0 Å². The predicted octanol–water partition coefficient (Wildman–Crippen LogP) is 11.8. The molecule has 0 fully saturated rings. The van der Waals surface area contributed by atoms with Crippen molar-refractivity contribution in [2.24, 2.45) is 0 Å². The fraction of sp³-hybridized carbons (Fsp3) is 0.450. The molecule has 2 aromatic heterocycles. The van der Waals surface area contributed by atoms with Crippen molar-refractivity contribution in [2.45, 2.75) is 136 Å². The SMILES string of the molecule is COc1ccc(CN2C(=O)c3c(c(NS(C)(=O)=O)c4cccnc4c3O[Si](C(C)C)(C(C)C)C(C)C)C2O)c(OC)c1.COc1ccc(CN2C(=O)c3c(c(O[Si](C(C)C)(C(C)C)C(C)C)c4ncccc4c3NS(C)(=O)=O)C2=O)c(OC)c1. The van der Waals surface area contributed by atoms with Gasteiger partial charge in [-0.3, -0.25) is 38.7 Å². The van der Waals surface area contributed by atoms with E-state index in [9.17, 15) is 36.3 Å². The smallest absolute Gasteiger partial charge is 0.265 e. The van der Waals surface area contributed by atoms with Crippen LogP contribution in [0.3, 0.4) is 0 Å². The van der Waals surface area contributed by atoms with Crippen LogP contribution in [-0.2, 0) is 33.1 Å². The van der Waals surface area contributed by atoms with Gasteiger partial charge in [-0.05, 0) is 81.8 Å². The molecular formula is C60H80N6O14S2Si2. The Morgan fingerprint density at radius 2 is 0.929 bits per heavy atom. The standard InChI is InChI=1S/C30H41N3O7SSi.C30H39N3O7SSi/c2*1-17(2)42(18(3)4,19(5)6)40-28-25-24(26(32-41(9,36)37)22-11-10-14-31-27(22)28)29(34)33(30(25)35)16-20-12-13-21(38-7)15-23(20)39-8/h10-15,17-19,29,32,34H,16H2,1-9H3;10-15,17-19,32H,16H2,1-9H3. The molecule has 1 unspecified atom stereocenters. The van der Waals surface area contributed by atoms with Crippen molar-refractivity contribution < 1.29 is 64.1 Å². The molecule has 8 rings (SSSR count). The number of rotatable bonds is 22. The Morgan fingerprint density at radius 3 is 1.33 bits per heavy atom. The minimum Gasteiger partial charge on any atom is -0.541 e. The van der Waals surface area contributed by atoms with Gasteiger partial charge in [0.25, 0.3) is 34.4 Å². The quantitative estimate of drug-likeness (QED) is 0.0422. The zero-order valence-corrected chi connectivity index (χ0v) is 54.9. The Hall–Kier alpha value is -7.00. The van der Waals surface area contributed by atoms with Gasteiger partial charge in [0.15, 0.2) is 6.23 Å². The Labute approximate surface area is 495 Å². The maximum atomic E-state index is 14.3. The van der Waals surface area contributed by atoms with Gasteiger partial charge < -0.3 is 37.8 Å². The van der Waals surface area contributed by atoms with E-state index in [-0.39, 0.29) is 91.5 Å². The zero-order chi connectivity index (χ0) is 62.3. The van der Waals surface area contributed by atoms with Crippen LogP contribution in [0.1, 0.15) is 137 Å². The van der Waals surface area contributed by atoms with Crippen LogP contribution in [0.4, 0.5) is 11.4 Å². The van der Waals surface area contributed by atoms with Gasteiger partial charge in [0.1, 0.15) is 45.5 Å². The summed E-state index contributed by atoms with van der Waals surface area (Å²) < 4.78 is 91.1. The number of imide groups is 1. The third kappa shape index (κ3) is 12.0.